The molecule has 1 rings (SSSR count). The molecule has 4 nitrogen and oxygen atoms in total. The molecule has 0 amide bonds. The molecule has 3 atom stereocenters. The fourth-order valence-electron chi connectivity index (χ4n) is 2.38. The number of likely N-dealkylation sites (N-methyl/N-ethyl adjacent to an activating group) is 1. The summed E-state index contributed by atoms with van der Waals surface area (Å²) in [6.07, 6.45) is 3.69. The summed E-state index contributed by atoms with van der Waals surface area (Å²) in [6.45, 7) is 4.90. The van der Waals surface area contributed by atoms with Gasteiger partial charge in [0.2, 0.25) is 0 Å². The predicted octanol–water partition coefficient (Wildman–Crippen LogP) is 2.13. The zero-order valence-corrected chi connectivity index (χ0v) is 12.4. The van der Waals surface area contributed by atoms with Crippen molar-refractivity contribution in [3.63, 3.8) is 0 Å². The number of hydrogen-bond acceptors (Lipinski definition) is 4. The molecule has 0 radical (unpaired) electrons. The Kier molecular flexibility index (Phi) is 6.46. The Labute approximate surface area is 114 Å². The predicted molar refractivity (Wildman–Crippen MR) is 75.2 cm³/mol. The van der Waals surface area contributed by atoms with Gasteiger partial charge in [-0.25, -0.2) is 0 Å². The van der Waals surface area contributed by atoms with E-state index in [9.17, 15) is 9.90 Å². The van der Waals surface area contributed by atoms with Crippen LogP contribution >= 0.6 is 11.8 Å². The summed E-state index contributed by atoms with van der Waals surface area (Å²) in [5.41, 5.74) is -0.752. The fraction of sp³-hybridized carbons (Fsp3) is 0.923. The molecule has 0 spiro atoms. The van der Waals surface area contributed by atoms with Crippen molar-refractivity contribution in [1.29, 1.82) is 0 Å². The Balaban J connectivity index is 2.29. The number of aliphatic carboxylic acids is 1. The normalized spacial score (nSPS) is 27.1. The molecule has 0 aromatic carbocycles. The molecule has 106 valence electrons. The Morgan fingerprint density at radius 3 is 2.78 bits per heavy atom. The lowest BCUT2D eigenvalue weighted by Crippen LogP contribution is -2.49. The van der Waals surface area contributed by atoms with Crippen LogP contribution in [-0.4, -0.2) is 47.4 Å². The van der Waals surface area contributed by atoms with Gasteiger partial charge >= 0.3 is 5.97 Å². The highest BCUT2D eigenvalue weighted by atomic mass is 32.2. The highest BCUT2D eigenvalue weighted by Gasteiger charge is 2.34. The Morgan fingerprint density at radius 1 is 1.61 bits per heavy atom. The lowest BCUT2D eigenvalue weighted by Gasteiger charge is -2.27. The summed E-state index contributed by atoms with van der Waals surface area (Å²) in [5.74, 6) is 0.268. The van der Waals surface area contributed by atoms with Crippen LogP contribution in [0, 0.1) is 0 Å². The number of rotatable bonds is 8. The molecule has 5 heteroatoms. The number of nitrogens with one attached hydrogen (secondary N) is 1. The van der Waals surface area contributed by atoms with Crippen LogP contribution in [-0.2, 0) is 9.53 Å². The van der Waals surface area contributed by atoms with E-state index in [4.69, 9.17) is 4.74 Å². The van der Waals surface area contributed by atoms with Gasteiger partial charge in [-0.05, 0) is 45.4 Å². The molecular formula is C13H25NO3S. The molecular weight excluding hydrogens is 250 g/mol. The van der Waals surface area contributed by atoms with E-state index in [2.05, 4.69) is 12.2 Å². The first-order valence-electron chi connectivity index (χ1n) is 6.71. The van der Waals surface area contributed by atoms with Crippen molar-refractivity contribution in [2.75, 3.05) is 19.4 Å². The third-order valence-corrected chi connectivity index (χ3v) is 5.45. The zero-order valence-electron chi connectivity index (χ0n) is 11.6. The van der Waals surface area contributed by atoms with Crippen LogP contribution in [0.15, 0.2) is 0 Å². The minimum Gasteiger partial charge on any atom is -0.480 e. The van der Waals surface area contributed by atoms with Gasteiger partial charge in [0, 0.05) is 11.9 Å². The smallest absolute Gasteiger partial charge is 0.323 e. The van der Waals surface area contributed by atoms with E-state index in [1.807, 2.05) is 18.7 Å². The summed E-state index contributed by atoms with van der Waals surface area (Å²) in [6, 6.07) is 0. The standard InChI is InChI=1S/C13H25NO3S/c1-4-13(14-3,12(15)16)7-5-9-18-11-6-8-17-10(11)2/h10-11,14H,4-9H2,1-3H3,(H,15,16). The third-order valence-electron chi connectivity index (χ3n) is 3.88. The van der Waals surface area contributed by atoms with Gasteiger partial charge in [0.05, 0.1) is 6.10 Å². The summed E-state index contributed by atoms with van der Waals surface area (Å²) < 4.78 is 5.52. The monoisotopic (exact) mass is 275 g/mol. The largest absolute Gasteiger partial charge is 0.480 e. The molecule has 1 aliphatic heterocycles. The van der Waals surface area contributed by atoms with E-state index < -0.39 is 11.5 Å². The van der Waals surface area contributed by atoms with E-state index >= 15 is 0 Å². The lowest BCUT2D eigenvalue weighted by atomic mass is 9.91. The zero-order chi connectivity index (χ0) is 13.6. The number of ether oxygens (including phenoxy) is 1. The molecule has 0 bridgehead atoms. The Morgan fingerprint density at radius 2 is 2.33 bits per heavy atom. The third kappa shape index (κ3) is 3.87. The second-order valence-electron chi connectivity index (χ2n) is 4.87. The molecule has 0 aromatic heterocycles. The number of carbonyl (C=O) groups is 1. The highest BCUT2D eigenvalue weighted by Crippen LogP contribution is 2.28. The van der Waals surface area contributed by atoms with Gasteiger partial charge in [-0.15, -0.1) is 0 Å². The first-order chi connectivity index (χ1) is 8.55. The lowest BCUT2D eigenvalue weighted by molar-refractivity contribution is -0.145. The quantitative estimate of drug-likeness (QED) is 0.665. The number of carboxylic acids is 1. The molecule has 0 saturated carbocycles. The maximum Gasteiger partial charge on any atom is 0.323 e. The highest BCUT2D eigenvalue weighted by molar-refractivity contribution is 7.99. The number of hydrogen-bond donors (Lipinski definition) is 2. The Hall–Kier alpha value is -0.260. The first-order valence-corrected chi connectivity index (χ1v) is 7.76. The van der Waals surface area contributed by atoms with Crippen LogP contribution in [0.4, 0.5) is 0 Å². The fourth-order valence-corrected chi connectivity index (χ4v) is 3.61. The molecule has 18 heavy (non-hydrogen) atoms. The minimum atomic E-state index is -0.752. The van der Waals surface area contributed by atoms with Gasteiger partial charge in [0.15, 0.2) is 0 Å². The van der Waals surface area contributed by atoms with E-state index in [0.29, 0.717) is 24.2 Å². The van der Waals surface area contributed by atoms with Crippen molar-refractivity contribution in [2.24, 2.45) is 0 Å². The van der Waals surface area contributed by atoms with Gasteiger partial charge in [0.1, 0.15) is 5.54 Å². The van der Waals surface area contributed by atoms with Crippen LogP contribution in [0.2, 0.25) is 0 Å². The van der Waals surface area contributed by atoms with E-state index in [-0.39, 0.29) is 0 Å². The number of carboxylic acid groups (broad SMARTS) is 1. The SMILES string of the molecule is CCC(CCCSC1CCOC1C)(NC)C(=O)O. The van der Waals surface area contributed by atoms with Gasteiger partial charge in [-0.3, -0.25) is 4.79 Å². The van der Waals surface area contributed by atoms with Crippen LogP contribution in [0.3, 0.4) is 0 Å². The molecule has 1 aliphatic rings. The Bertz CT molecular complexity index is 269. The first kappa shape index (κ1) is 15.8. The van der Waals surface area contributed by atoms with Crippen LogP contribution in [0.5, 0.6) is 0 Å². The van der Waals surface area contributed by atoms with Gasteiger partial charge in [-0.1, -0.05) is 6.92 Å². The van der Waals surface area contributed by atoms with E-state index in [1.165, 1.54) is 0 Å². The molecule has 2 N–H and O–H groups in total. The van der Waals surface area contributed by atoms with Crippen molar-refractivity contribution >= 4 is 17.7 Å². The molecule has 0 aliphatic carbocycles. The summed E-state index contributed by atoms with van der Waals surface area (Å²) in [5, 5.41) is 12.8. The van der Waals surface area contributed by atoms with Gasteiger partial charge < -0.3 is 15.2 Å². The molecule has 1 fully saturated rings. The maximum atomic E-state index is 11.3. The van der Waals surface area contributed by atoms with Crippen LogP contribution in [0.25, 0.3) is 0 Å². The second kappa shape index (κ2) is 7.36. The van der Waals surface area contributed by atoms with Gasteiger partial charge in [0.25, 0.3) is 0 Å². The molecule has 1 heterocycles. The van der Waals surface area contributed by atoms with Crippen molar-refractivity contribution in [3.05, 3.63) is 0 Å². The summed E-state index contributed by atoms with van der Waals surface area (Å²) in [7, 11) is 1.73. The summed E-state index contributed by atoms with van der Waals surface area (Å²) >= 11 is 1.92. The van der Waals surface area contributed by atoms with Crippen LogP contribution in [0.1, 0.15) is 39.5 Å². The average Bonchev–Trinajstić information content (AvgIpc) is 2.75. The van der Waals surface area contributed by atoms with Crippen LogP contribution < -0.4 is 5.32 Å². The molecule has 3 unspecified atom stereocenters. The van der Waals surface area contributed by atoms with E-state index in [1.54, 1.807) is 7.05 Å². The molecule has 0 aromatic rings. The average molecular weight is 275 g/mol. The maximum absolute atomic E-state index is 11.3. The van der Waals surface area contributed by atoms with Crippen molar-refractivity contribution in [1.82, 2.24) is 5.32 Å². The van der Waals surface area contributed by atoms with Crippen molar-refractivity contribution < 1.29 is 14.6 Å². The van der Waals surface area contributed by atoms with E-state index in [0.717, 1.165) is 25.2 Å². The van der Waals surface area contributed by atoms with Crippen molar-refractivity contribution in [3.8, 4) is 0 Å². The summed E-state index contributed by atoms with van der Waals surface area (Å²) in [4.78, 5) is 11.3. The number of thioether (sulfide) groups is 1. The second-order valence-corrected chi connectivity index (χ2v) is 6.22. The van der Waals surface area contributed by atoms with Gasteiger partial charge in [-0.2, -0.15) is 11.8 Å². The van der Waals surface area contributed by atoms with Crippen molar-refractivity contribution in [2.45, 2.75) is 56.4 Å². The topological polar surface area (TPSA) is 58.6 Å². The molecule has 1 saturated heterocycles. The minimum absolute atomic E-state index is 0.342.